The Bertz CT molecular complexity index is 724. The smallest absolute Gasteiger partial charge is 0.320 e. The normalized spacial score (nSPS) is 17.6. The van der Waals surface area contributed by atoms with Crippen molar-refractivity contribution >= 4 is 22.5 Å². The van der Waals surface area contributed by atoms with E-state index in [0.29, 0.717) is 5.69 Å². The van der Waals surface area contributed by atoms with Crippen molar-refractivity contribution in [2.45, 2.75) is 32.3 Å². The van der Waals surface area contributed by atoms with Gasteiger partial charge in [-0.15, -0.1) is 0 Å². The summed E-state index contributed by atoms with van der Waals surface area (Å²) in [6.45, 7) is 5.49. The molecule has 1 N–H and O–H groups in total. The van der Waals surface area contributed by atoms with E-state index in [1.807, 2.05) is 45.0 Å². The largest absolute Gasteiger partial charge is 0.459 e. The first-order chi connectivity index (χ1) is 9.38. The molecule has 0 aliphatic heterocycles. The van der Waals surface area contributed by atoms with Crippen LogP contribution in [0.25, 0.3) is 10.8 Å². The summed E-state index contributed by atoms with van der Waals surface area (Å²) in [6, 6.07) is 7.64. The highest BCUT2D eigenvalue weighted by Crippen LogP contribution is 2.38. The van der Waals surface area contributed by atoms with Gasteiger partial charge in [-0.1, -0.05) is 18.2 Å². The Morgan fingerprint density at radius 2 is 2.05 bits per heavy atom. The molecule has 1 aromatic carbocycles. The second-order valence-electron chi connectivity index (χ2n) is 5.99. The molecule has 1 unspecified atom stereocenters. The molecule has 3 rings (SSSR count). The Labute approximate surface area is 117 Å². The van der Waals surface area contributed by atoms with E-state index in [1.165, 1.54) is 0 Å². The Morgan fingerprint density at radius 1 is 1.30 bits per heavy atom. The lowest BCUT2D eigenvalue weighted by atomic mass is 9.98. The second-order valence-corrected chi connectivity index (χ2v) is 5.99. The van der Waals surface area contributed by atoms with Crippen molar-refractivity contribution in [3.8, 4) is 0 Å². The molecular formula is C16H16N2O2. The first-order valence-corrected chi connectivity index (χ1v) is 6.58. The molecular weight excluding hydrogens is 252 g/mol. The van der Waals surface area contributed by atoms with Crippen LogP contribution in [0.3, 0.4) is 0 Å². The predicted molar refractivity (Wildman–Crippen MR) is 77.2 cm³/mol. The van der Waals surface area contributed by atoms with Crippen LogP contribution in [0.4, 0.5) is 0 Å². The number of hydrogen-bond donors (Lipinski definition) is 1. The van der Waals surface area contributed by atoms with Crippen LogP contribution in [0, 0.1) is 5.41 Å². The van der Waals surface area contributed by atoms with Crippen molar-refractivity contribution in [3.05, 3.63) is 41.7 Å². The van der Waals surface area contributed by atoms with Crippen LogP contribution in [0.2, 0.25) is 0 Å². The highest BCUT2D eigenvalue weighted by atomic mass is 16.6. The van der Waals surface area contributed by atoms with Crippen molar-refractivity contribution < 1.29 is 9.53 Å². The number of aromatic nitrogens is 1. The lowest BCUT2D eigenvalue weighted by Gasteiger charge is -2.22. The maximum absolute atomic E-state index is 12.4. The van der Waals surface area contributed by atoms with Gasteiger partial charge in [-0.05, 0) is 37.8 Å². The molecule has 0 amide bonds. The van der Waals surface area contributed by atoms with Crippen LogP contribution in [-0.2, 0) is 9.53 Å². The number of carbonyl (C=O) groups excluding carboxylic acids is 1. The van der Waals surface area contributed by atoms with E-state index < -0.39 is 11.5 Å². The first kappa shape index (κ1) is 12.8. The van der Waals surface area contributed by atoms with Gasteiger partial charge in [-0.2, -0.15) is 0 Å². The molecule has 0 bridgehead atoms. The van der Waals surface area contributed by atoms with E-state index in [0.717, 1.165) is 16.3 Å². The van der Waals surface area contributed by atoms with Crippen LogP contribution >= 0.6 is 0 Å². The van der Waals surface area contributed by atoms with Crippen molar-refractivity contribution in [2.24, 2.45) is 0 Å². The molecule has 1 atom stereocenters. The molecule has 2 aromatic rings. The summed E-state index contributed by atoms with van der Waals surface area (Å²) in [6.07, 6.45) is 1.67. The van der Waals surface area contributed by atoms with Crippen LogP contribution in [0.1, 0.15) is 37.9 Å². The highest BCUT2D eigenvalue weighted by Gasteiger charge is 2.38. The van der Waals surface area contributed by atoms with Crippen LogP contribution in [0.15, 0.2) is 30.5 Å². The number of hydrogen-bond acceptors (Lipinski definition) is 4. The highest BCUT2D eigenvalue weighted by molar-refractivity contribution is 6.25. The second kappa shape index (κ2) is 4.13. The SMILES string of the molecule is CC(C)(C)OC(=O)C1C(=N)c2nccc3cccc1c23. The summed E-state index contributed by atoms with van der Waals surface area (Å²) >= 11 is 0. The van der Waals surface area contributed by atoms with E-state index in [-0.39, 0.29) is 11.7 Å². The Morgan fingerprint density at radius 3 is 2.75 bits per heavy atom. The number of pyridine rings is 1. The van der Waals surface area contributed by atoms with Gasteiger partial charge < -0.3 is 10.1 Å². The quantitative estimate of drug-likeness (QED) is 0.808. The van der Waals surface area contributed by atoms with Gasteiger partial charge in [0.2, 0.25) is 0 Å². The third kappa shape index (κ3) is 1.88. The van der Waals surface area contributed by atoms with E-state index >= 15 is 0 Å². The van der Waals surface area contributed by atoms with E-state index in [9.17, 15) is 4.79 Å². The zero-order valence-corrected chi connectivity index (χ0v) is 11.7. The van der Waals surface area contributed by atoms with Gasteiger partial charge in [0, 0.05) is 11.6 Å². The molecule has 20 heavy (non-hydrogen) atoms. The molecule has 4 heteroatoms. The number of nitrogens with zero attached hydrogens (tertiary/aromatic N) is 1. The summed E-state index contributed by atoms with van der Waals surface area (Å²) in [5.41, 5.74) is 1.08. The monoisotopic (exact) mass is 268 g/mol. The molecule has 0 radical (unpaired) electrons. The number of ether oxygens (including phenoxy) is 1. The van der Waals surface area contributed by atoms with Gasteiger partial charge in [0.05, 0.1) is 11.4 Å². The van der Waals surface area contributed by atoms with Crippen molar-refractivity contribution in [1.82, 2.24) is 4.98 Å². The molecule has 1 heterocycles. The van der Waals surface area contributed by atoms with Crippen molar-refractivity contribution in [2.75, 3.05) is 0 Å². The molecule has 0 saturated carbocycles. The number of benzene rings is 1. The maximum atomic E-state index is 12.4. The summed E-state index contributed by atoms with van der Waals surface area (Å²) in [7, 11) is 0. The summed E-state index contributed by atoms with van der Waals surface area (Å²) in [4.78, 5) is 16.6. The molecule has 0 fully saturated rings. The summed E-state index contributed by atoms with van der Waals surface area (Å²) in [5.74, 6) is -1.05. The van der Waals surface area contributed by atoms with E-state index in [2.05, 4.69) is 4.98 Å². The lowest BCUT2D eigenvalue weighted by molar-refractivity contribution is -0.154. The maximum Gasteiger partial charge on any atom is 0.320 e. The molecule has 102 valence electrons. The number of rotatable bonds is 1. The standard InChI is InChI=1S/C16H16N2O2/c1-16(2,3)20-15(19)12-10-6-4-5-9-7-8-18-14(11(9)10)13(12)17/h4-8,12,17H,1-3H3. The summed E-state index contributed by atoms with van der Waals surface area (Å²) in [5, 5.41) is 10.2. The van der Waals surface area contributed by atoms with Crippen LogP contribution < -0.4 is 0 Å². The average Bonchev–Trinajstić information content (AvgIpc) is 2.63. The van der Waals surface area contributed by atoms with Crippen molar-refractivity contribution in [3.63, 3.8) is 0 Å². The van der Waals surface area contributed by atoms with Gasteiger partial charge in [-0.3, -0.25) is 9.78 Å². The van der Waals surface area contributed by atoms with E-state index in [4.69, 9.17) is 10.1 Å². The third-order valence-corrected chi connectivity index (χ3v) is 3.32. The van der Waals surface area contributed by atoms with Crippen molar-refractivity contribution in [1.29, 1.82) is 5.41 Å². The van der Waals surface area contributed by atoms with Gasteiger partial charge in [-0.25, -0.2) is 0 Å². The van der Waals surface area contributed by atoms with Gasteiger partial charge in [0.25, 0.3) is 0 Å². The molecule has 1 aliphatic rings. The minimum absolute atomic E-state index is 0.228. The topological polar surface area (TPSA) is 63.0 Å². The number of esters is 1. The Hall–Kier alpha value is -2.23. The molecule has 4 nitrogen and oxygen atoms in total. The Kier molecular flexibility index (Phi) is 2.64. The first-order valence-electron chi connectivity index (χ1n) is 6.58. The van der Waals surface area contributed by atoms with Crippen LogP contribution in [-0.4, -0.2) is 22.3 Å². The Balaban J connectivity index is 2.12. The summed E-state index contributed by atoms with van der Waals surface area (Å²) < 4.78 is 5.45. The van der Waals surface area contributed by atoms with Gasteiger partial charge >= 0.3 is 5.97 Å². The molecule has 0 spiro atoms. The minimum atomic E-state index is -0.664. The average molecular weight is 268 g/mol. The number of nitrogens with one attached hydrogen (secondary N) is 1. The fourth-order valence-corrected chi connectivity index (χ4v) is 2.60. The number of carbonyl (C=O) groups is 1. The zero-order valence-electron chi connectivity index (χ0n) is 11.7. The molecule has 0 saturated heterocycles. The molecule has 1 aromatic heterocycles. The van der Waals surface area contributed by atoms with Gasteiger partial charge in [0.1, 0.15) is 11.5 Å². The lowest BCUT2D eigenvalue weighted by Crippen LogP contribution is -2.29. The van der Waals surface area contributed by atoms with Crippen LogP contribution in [0.5, 0.6) is 0 Å². The fraction of sp³-hybridized carbons (Fsp3) is 0.312. The van der Waals surface area contributed by atoms with Gasteiger partial charge in [0.15, 0.2) is 0 Å². The molecule has 1 aliphatic carbocycles. The van der Waals surface area contributed by atoms with E-state index in [1.54, 1.807) is 6.20 Å². The third-order valence-electron chi connectivity index (χ3n) is 3.32. The predicted octanol–water partition coefficient (Wildman–Crippen LogP) is 3.04. The minimum Gasteiger partial charge on any atom is -0.459 e. The fourth-order valence-electron chi connectivity index (χ4n) is 2.60. The zero-order chi connectivity index (χ0) is 14.5.